The molecule has 0 fully saturated rings. The number of aromatic nitrogens is 1. The Balaban J connectivity index is 2.19. The van der Waals surface area contributed by atoms with Crippen LogP contribution in [-0.4, -0.2) is 45.0 Å². The Morgan fingerprint density at radius 1 is 1.28 bits per heavy atom. The van der Waals surface area contributed by atoms with Gasteiger partial charge in [-0.05, 0) is 0 Å². The summed E-state index contributed by atoms with van der Waals surface area (Å²) in [5.74, 6) is -0.201. The van der Waals surface area contributed by atoms with E-state index >= 15 is 0 Å². The summed E-state index contributed by atoms with van der Waals surface area (Å²) in [5.41, 5.74) is 0.942. The van der Waals surface area contributed by atoms with E-state index in [2.05, 4.69) is 9.72 Å². The average molecular weight is 273 g/mol. The third kappa shape index (κ3) is 6.09. The molecule has 0 atom stereocenters. The number of methoxy groups -OCH3 is 2. The number of aryl methyl sites for hydroxylation is 1. The number of thiazole rings is 1. The maximum Gasteiger partial charge on any atom is 0.305 e. The predicted octanol–water partition coefficient (Wildman–Crippen LogP) is 1.45. The molecular formula is C12H19NO4S. The summed E-state index contributed by atoms with van der Waals surface area (Å²) >= 11 is 1.60. The number of carbonyl (C=O) groups excluding carboxylic acids is 1. The normalized spacial score (nSPS) is 10.6. The van der Waals surface area contributed by atoms with Gasteiger partial charge in [0.2, 0.25) is 0 Å². The summed E-state index contributed by atoms with van der Waals surface area (Å²) in [6.45, 7) is 1.87. The van der Waals surface area contributed by atoms with E-state index in [1.165, 1.54) is 7.11 Å². The molecule has 0 unspecified atom stereocenters. The third-order valence-electron chi connectivity index (χ3n) is 2.30. The van der Waals surface area contributed by atoms with Gasteiger partial charge in [-0.25, -0.2) is 4.98 Å². The van der Waals surface area contributed by atoms with Crippen LogP contribution in [0.3, 0.4) is 0 Å². The summed E-state index contributed by atoms with van der Waals surface area (Å²) in [5, 5.41) is 3.01. The van der Waals surface area contributed by atoms with Gasteiger partial charge in [-0.3, -0.25) is 4.79 Å². The van der Waals surface area contributed by atoms with E-state index in [0.717, 1.165) is 17.1 Å². The van der Waals surface area contributed by atoms with Crippen LogP contribution in [0, 0.1) is 0 Å². The summed E-state index contributed by atoms with van der Waals surface area (Å²) < 4.78 is 14.8. The van der Waals surface area contributed by atoms with Crippen molar-refractivity contribution in [1.82, 2.24) is 4.98 Å². The van der Waals surface area contributed by atoms with Gasteiger partial charge in [0.15, 0.2) is 0 Å². The zero-order valence-corrected chi connectivity index (χ0v) is 11.6. The summed E-state index contributed by atoms with van der Waals surface area (Å²) in [6, 6.07) is 0. The summed E-state index contributed by atoms with van der Waals surface area (Å²) in [7, 11) is 3.05. The van der Waals surface area contributed by atoms with Crippen LogP contribution in [0.1, 0.15) is 17.1 Å². The van der Waals surface area contributed by atoms with Crippen molar-refractivity contribution in [2.24, 2.45) is 0 Å². The van der Waals surface area contributed by atoms with Gasteiger partial charge in [0, 0.05) is 25.3 Å². The lowest BCUT2D eigenvalue weighted by Gasteiger charge is -2.01. The Hall–Kier alpha value is -0.980. The Kier molecular flexibility index (Phi) is 7.55. The highest BCUT2D eigenvalue weighted by atomic mass is 32.1. The molecular weight excluding hydrogens is 254 g/mol. The van der Waals surface area contributed by atoms with Gasteiger partial charge in [0.25, 0.3) is 0 Å². The Bertz CT molecular complexity index is 354. The minimum Gasteiger partial charge on any atom is -0.469 e. The van der Waals surface area contributed by atoms with Crippen molar-refractivity contribution in [2.75, 3.05) is 34.0 Å². The first-order valence-corrected chi connectivity index (χ1v) is 6.71. The molecule has 0 aliphatic carbocycles. The fraction of sp³-hybridized carbons (Fsp3) is 0.667. The second-order valence-corrected chi connectivity index (χ2v) is 4.61. The number of ether oxygens (including phenoxy) is 3. The Morgan fingerprint density at radius 2 is 2.11 bits per heavy atom. The van der Waals surface area contributed by atoms with Gasteiger partial charge in [0.05, 0.1) is 44.1 Å². The van der Waals surface area contributed by atoms with Crippen molar-refractivity contribution in [1.29, 1.82) is 0 Å². The number of nitrogens with zero attached hydrogens (tertiary/aromatic N) is 1. The number of hydrogen-bond donors (Lipinski definition) is 0. The van der Waals surface area contributed by atoms with Crippen molar-refractivity contribution in [2.45, 2.75) is 19.3 Å². The van der Waals surface area contributed by atoms with E-state index in [4.69, 9.17) is 9.47 Å². The molecule has 0 saturated carbocycles. The fourth-order valence-electron chi connectivity index (χ4n) is 1.31. The maximum atomic E-state index is 11.0. The third-order valence-corrected chi connectivity index (χ3v) is 3.26. The molecule has 0 bridgehead atoms. The minimum absolute atomic E-state index is 0.201. The average Bonchev–Trinajstić information content (AvgIpc) is 2.83. The molecule has 0 radical (unpaired) electrons. The first kappa shape index (κ1) is 15.1. The van der Waals surface area contributed by atoms with Gasteiger partial charge in [0.1, 0.15) is 0 Å². The zero-order valence-electron chi connectivity index (χ0n) is 10.8. The number of rotatable bonds is 9. The lowest BCUT2D eigenvalue weighted by Crippen LogP contribution is -2.05. The molecule has 0 N–H and O–H groups in total. The van der Waals surface area contributed by atoms with E-state index in [-0.39, 0.29) is 5.97 Å². The standard InChI is InChI=1S/C12H19NO4S/c1-15-7-8-17-6-5-11-13-10(9-18-11)3-4-12(14)16-2/h9H,3-8H2,1-2H3. The van der Waals surface area contributed by atoms with E-state index in [0.29, 0.717) is 32.7 Å². The van der Waals surface area contributed by atoms with Crippen LogP contribution < -0.4 is 0 Å². The molecule has 0 spiro atoms. The molecule has 5 nitrogen and oxygen atoms in total. The first-order chi connectivity index (χ1) is 8.76. The quantitative estimate of drug-likeness (QED) is 0.503. The molecule has 102 valence electrons. The molecule has 1 rings (SSSR count). The van der Waals surface area contributed by atoms with Crippen molar-refractivity contribution in [3.63, 3.8) is 0 Å². The SMILES string of the molecule is COCCOCCc1nc(CCC(=O)OC)cs1. The molecule has 0 amide bonds. The lowest BCUT2D eigenvalue weighted by atomic mass is 10.2. The first-order valence-electron chi connectivity index (χ1n) is 5.83. The second kappa shape index (κ2) is 9.02. The number of esters is 1. The van der Waals surface area contributed by atoms with Crippen LogP contribution in [0.25, 0.3) is 0 Å². The van der Waals surface area contributed by atoms with Gasteiger partial charge < -0.3 is 14.2 Å². The van der Waals surface area contributed by atoms with Gasteiger partial charge in [-0.1, -0.05) is 0 Å². The number of carbonyl (C=O) groups is 1. The van der Waals surface area contributed by atoms with Crippen LogP contribution in [0.15, 0.2) is 5.38 Å². The summed E-state index contributed by atoms with van der Waals surface area (Å²) in [6.07, 6.45) is 1.81. The molecule has 1 aromatic rings. The van der Waals surface area contributed by atoms with E-state index in [9.17, 15) is 4.79 Å². The van der Waals surface area contributed by atoms with Crippen LogP contribution in [0.4, 0.5) is 0 Å². The Morgan fingerprint density at radius 3 is 2.83 bits per heavy atom. The van der Waals surface area contributed by atoms with Gasteiger partial charge in [-0.2, -0.15) is 0 Å². The molecule has 1 aromatic heterocycles. The van der Waals surface area contributed by atoms with Crippen LogP contribution in [0.2, 0.25) is 0 Å². The molecule has 1 heterocycles. The Labute approximate surface area is 111 Å². The van der Waals surface area contributed by atoms with Crippen molar-refractivity contribution in [3.8, 4) is 0 Å². The fourth-order valence-corrected chi connectivity index (χ4v) is 2.13. The molecule has 0 aromatic carbocycles. The largest absolute Gasteiger partial charge is 0.469 e. The molecule has 18 heavy (non-hydrogen) atoms. The molecule has 0 saturated heterocycles. The zero-order chi connectivity index (χ0) is 13.2. The van der Waals surface area contributed by atoms with Gasteiger partial charge >= 0.3 is 5.97 Å². The minimum atomic E-state index is -0.201. The second-order valence-electron chi connectivity index (χ2n) is 3.66. The smallest absolute Gasteiger partial charge is 0.305 e. The monoisotopic (exact) mass is 273 g/mol. The van der Waals surface area contributed by atoms with Crippen LogP contribution >= 0.6 is 11.3 Å². The van der Waals surface area contributed by atoms with E-state index in [1.807, 2.05) is 5.38 Å². The lowest BCUT2D eigenvalue weighted by molar-refractivity contribution is -0.140. The highest BCUT2D eigenvalue weighted by molar-refractivity contribution is 7.09. The maximum absolute atomic E-state index is 11.0. The van der Waals surface area contributed by atoms with Crippen molar-refractivity contribution in [3.05, 3.63) is 16.1 Å². The molecule has 0 aliphatic rings. The molecule has 6 heteroatoms. The van der Waals surface area contributed by atoms with Crippen molar-refractivity contribution < 1.29 is 19.0 Å². The highest BCUT2D eigenvalue weighted by Gasteiger charge is 2.05. The van der Waals surface area contributed by atoms with E-state index < -0.39 is 0 Å². The van der Waals surface area contributed by atoms with Crippen LogP contribution in [0.5, 0.6) is 0 Å². The van der Waals surface area contributed by atoms with Crippen molar-refractivity contribution >= 4 is 17.3 Å². The number of hydrogen-bond acceptors (Lipinski definition) is 6. The molecule has 0 aliphatic heterocycles. The summed E-state index contributed by atoms with van der Waals surface area (Å²) in [4.78, 5) is 15.4. The van der Waals surface area contributed by atoms with Gasteiger partial charge in [-0.15, -0.1) is 11.3 Å². The predicted molar refractivity (Wildman–Crippen MR) is 68.9 cm³/mol. The topological polar surface area (TPSA) is 57.7 Å². The van der Waals surface area contributed by atoms with Crippen LogP contribution in [-0.2, 0) is 31.8 Å². The highest BCUT2D eigenvalue weighted by Crippen LogP contribution is 2.12. The van der Waals surface area contributed by atoms with E-state index in [1.54, 1.807) is 18.4 Å².